The number of carbonyl (C=O) groups excluding carboxylic acids is 2. The molecule has 1 atom stereocenters. The standard InChI is InChI=1S/C31H34N2O5/c1-7-37-25-10-8-9-21(18-25)28-27(29(34)22-11-16-26(20(4)17-22)38-19(2)3)30(35)31(36)33(28)24-14-12-23(13-15-24)32(5)6/h8-19,28,34H,7H2,1-6H3/b29-27+. The van der Waals surface area contributed by atoms with Crippen LogP contribution in [0.3, 0.4) is 0 Å². The molecule has 3 aromatic carbocycles. The zero-order valence-electron chi connectivity index (χ0n) is 22.7. The van der Waals surface area contributed by atoms with Crippen LogP contribution in [0.2, 0.25) is 0 Å². The molecule has 1 amide bonds. The topological polar surface area (TPSA) is 79.3 Å². The van der Waals surface area contributed by atoms with E-state index in [1.54, 1.807) is 24.3 Å². The van der Waals surface area contributed by atoms with Crippen molar-refractivity contribution in [3.05, 3.63) is 89.0 Å². The zero-order valence-corrected chi connectivity index (χ0v) is 22.7. The Kier molecular flexibility index (Phi) is 7.76. The number of nitrogens with zero attached hydrogens (tertiary/aromatic N) is 2. The molecule has 0 bridgehead atoms. The summed E-state index contributed by atoms with van der Waals surface area (Å²) in [6, 6.07) is 19.1. The molecule has 198 valence electrons. The molecule has 1 unspecified atom stereocenters. The number of hydrogen-bond donors (Lipinski definition) is 1. The first-order chi connectivity index (χ1) is 18.1. The summed E-state index contributed by atoms with van der Waals surface area (Å²) in [6.45, 7) is 8.12. The van der Waals surface area contributed by atoms with Crippen LogP contribution in [0, 0.1) is 6.92 Å². The minimum atomic E-state index is -0.840. The molecule has 1 fully saturated rings. The van der Waals surface area contributed by atoms with E-state index in [2.05, 4.69) is 0 Å². The molecule has 1 heterocycles. The maximum absolute atomic E-state index is 13.5. The Balaban J connectivity index is 1.88. The molecule has 0 saturated carbocycles. The number of amides is 1. The highest BCUT2D eigenvalue weighted by atomic mass is 16.5. The fraction of sp³-hybridized carbons (Fsp3) is 0.290. The fourth-order valence-electron chi connectivity index (χ4n) is 4.61. The summed E-state index contributed by atoms with van der Waals surface area (Å²) in [6.07, 6.45) is -0.00466. The molecule has 4 rings (SSSR count). The molecule has 0 aliphatic carbocycles. The third kappa shape index (κ3) is 5.23. The van der Waals surface area contributed by atoms with Crippen molar-refractivity contribution in [2.75, 3.05) is 30.5 Å². The lowest BCUT2D eigenvalue weighted by Gasteiger charge is -2.26. The minimum Gasteiger partial charge on any atom is -0.507 e. The van der Waals surface area contributed by atoms with Crippen molar-refractivity contribution < 1.29 is 24.2 Å². The minimum absolute atomic E-state index is 0.00466. The van der Waals surface area contributed by atoms with Crippen molar-refractivity contribution in [1.82, 2.24) is 0 Å². The van der Waals surface area contributed by atoms with Crippen LogP contribution in [0.1, 0.15) is 43.5 Å². The van der Waals surface area contributed by atoms with Crippen LogP contribution in [0.4, 0.5) is 11.4 Å². The maximum atomic E-state index is 13.5. The van der Waals surface area contributed by atoms with Gasteiger partial charge in [-0.25, -0.2) is 0 Å². The zero-order chi connectivity index (χ0) is 27.6. The van der Waals surface area contributed by atoms with E-state index < -0.39 is 17.7 Å². The fourth-order valence-corrected chi connectivity index (χ4v) is 4.61. The van der Waals surface area contributed by atoms with Gasteiger partial charge in [0.05, 0.1) is 24.3 Å². The number of Topliss-reactive ketones (excluding diaryl/α,β-unsaturated/α-hetero) is 1. The molecule has 7 heteroatoms. The Labute approximate surface area is 223 Å². The van der Waals surface area contributed by atoms with Gasteiger partial charge in [0.25, 0.3) is 11.7 Å². The number of aliphatic hydroxyl groups is 1. The van der Waals surface area contributed by atoms with Crippen LogP contribution in [-0.2, 0) is 9.59 Å². The predicted molar refractivity (Wildman–Crippen MR) is 150 cm³/mol. The number of carbonyl (C=O) groups is 2. The third-order valence-electron chi connectivity index (χ3n) is 6.38. The van der Waals surface area contributed by atoms with E-state index in [4.69, 9.17) is 9.47 Å². The van der Waals surface area contributed by atoms with Gasteiger partial charge in [0.2, 0.25) is 0 Å². The van der Waals surface area contributed by atoms with Crippen molar-refractivity contribution in [2.45, 2.75) is 39.8 Å². The average molecular weight is 515 g/mol. The van der Waals surface area contributed by atoms with Gasteiger partial charge in [0.15, 0.2) is 0 Å². The summed E-state index contributed by atoms with van der Waals surface area (Å²) in [5.74, 6) is -0.371. The summed E-state index contributed by atoms with van der Waals surface area (Å²) in [5.41, 5.74) is 3.44. The molecule has 1 N–H and O–H groups in total. The first-order valence-electron chi connectivity index (χ1n) is 12.7. The summed E-state index contributed by atoms with van der Waals surface area (Å²) >= 11 is 0. The molecule has 1 saturated heterocycles. The highest BCUT2D eigenvalue weighted by molar-refractivity contribution is 6.51. The Morgan fingerprint density at radius 2 is 1.74 bits per heavy atom. The molecular formula is C31H34N2O5. The van der Waals surface area contributed by atoms with Gasteiger partial charge in [-0.3, -0.25) is 14.5 Å². The average Bonchev–Trinajstić information content (AvgIpc) is 3.15. The largest absolute Gasteiger partial charge is 0.507 e. The van der Waals surface area contributed by atoms with E-state index in [0.717, 1.165) is 11.3 Å². The number of hydrogen-bond acceptors (Lipinski definition) is 6. The Bertz CT molecular complexity index is 1380. The van der Waals surface area contributed by atoms with Gasteiger partial charge >= 0.3 is 0 Å². The molecule has 0 radical (unpaired) electrons. The molecule has 1 aliphatic rings. The molecule has 38 heavy (non-hydrogen) atoms. The second-order valence-electron chi connectivity index (χ2n) is 9.73. The van der Waals surface area contributed by atoms with E-state index in [9.17, 15) is 14.7 Å². The summed E-state index contributed by atoms with van der Waals surface area (Å²) in [4.78, 5) is 30.4. The van der Waals surface area contributed by atoms with Crippen molar-refractivity contribution in [3.8, 4) is 11.5 Å². The lowest BCUT2D eigenvalue weighted by Crippen LogP contribution is -2.29. The number of benzene rings is 3. The van der Waals surface area contributed by atoms with Gasteiger partial charge in [-0.15, -0.1) is 0 Å². The Morgan fingerprint density at radius 1 is 1.03 bits per heavy atom. The van der Waals surface area contributed by atoms with Crippen LogP contribution < -0.4 is 19.3 Å². The smallest absolute Gasteiger partial charge is 0.300 e. The van der Waals surface area contributed by atoms with Crippen molar-refractivity contribution >= 4 is 28.8 Å². The van der Waals surface area contributed by atoms with Gasteiger partial charge in [0, 0.05) is 31.0 Å². The highest BCUT2D eigenvalue weighted by Gasteiger charge is 2.47. The molecular weight excluding hydrogens is 480 g/mol. The maximum Gasteiger partial charge on any atom is 0.300 e. The van der Waals surface area contributed by atoms with Gasteiger partial charge in [-0.1, -0.05) is 12.1 Å². The normalized spacial score (nSPS) is 16.7. The molecule has 3 aromatic rings. The first-order valence-corrected chi connectivity index (χ1v) is 12.7. The SMILES string of the molecule is CCOc1cccc(C2/C(=C(\O)c3ccc(OC(C)C)c(C)c3)C(=O)C(=O)N2c2ccc(N(C)C)cc2)c1. The van der Waals surface area contributed by atoms with Crippen molar-refractivity contribution in [2.24, 2.45) is 0 Å². The van der Waals surface area contributed by atoms with Gasteiger partial charge < -0.3 is 19.5 Å². The number of aryl methyl sites for hydroxylation is 1. The number of anilines is 2. The molecule has 1 aliphatic heterocycles. The molecule has 0 spiro atoms. The Morgan fingerprint density at radius 3 is 2.34 bits per heavy atom. The van der Waals surface area contributed by atoms with Crippen LogP contribution in [0.15, 0.2) is 72.3 Å². The van der Waals surface area contributed by atoms with Gasteiger partial charge in [-0.05, 0) is 93.4 Å². The van der Waals surface area contributed by atoms with E-state index in [1.165, 1.54) is 4.90 Å². The lowest BCUT2D eigenvalue weighted by molar-refractivity contribution is -0.132. The third-order valence-corrected chi connectivity index (χ3v) is 6.38. The van der Waals surface area contributed by atoms with E-state index in [-0.39, 0.29) is 17.4 Å². The first kappa shape index (κ1) is 26.8. The highest BCUT2D eigenvalue weighted by Crippen LogP contribution is 2.43. The second kappa shape index (κ2) is 11.0. The molecule has 0 aromatic heterocycles. The van der Waals surface area contributed by atoms with Crippen LogP contribution in [-0.4, -0.2) is 43.6 Å². The second-order valence-corrected chi connectivity index (χ2v) is 9.73. The van der Waals surface area contributed by atoms with E-state index in [0.29, 0.717) is 34.9 Å². The van der Waals surface area contributed by atoms with Gasteiger partial charge in [0.1, 0.15) is 17.3 Å². The van der Waals surface area contributed by atoms with Gasteiger partial charge in [-0.2, -0.15) is 0 Å². The number of rotatable bonds is 8. The monoisotopic (exact) mass is 514 g/mol. The number of ketones is 1. The lowest BCUT2D eigenvalue weighted by atomic mass is 9.94. The predicted octanol–water partition coefficient (Wildman–Crippen LogP) is 5.87. The van der Waals surface area contributed by atoms with E-state index >= 15 is 0 Å². The number of aliphatic hydroxyl groups excluding tert-OH is 1. The summed E-state index contributed by atoms with van der Waals surface area (Å²) < 4.78 is 11.5. The number of ether oxygens (including phenoxy) is 2. The summed E-state index contributed by atoms with van der Waals surface area (Å²) in [5, 5.41) is 11.5. The molecule has 7 nitrogen and oxygen atoms in total. The quantitative estimate of drug-likeness (QED) is 0.230. The summed E-state index contributed by atoms with van der Waals surface area (Å²) in [7, 11) is 3.86. The van der Waals surface area contributed by atoms with Crippen molar-refractivity contribution in [1.29, 1.82) is 0 Å². The van der Waals surface area contributed by atoms with Crippen LogP contribution >= 0.6 is 0 Å². The van der Waals surface area contributed by atoms with E-state index in [1.807, 2.05) is 89.2 Å². The van der Waals surface area contributed by atoms with Crippen LogP contribution in [0.25, 0.3) is 5.76 Å². The van der Waals surface area contributed by atoms with Crippen molar-refractivity contribution in [3.63, 3.8) is 0 Å². The Hall–Kier alpha value is -4.26. The van der Waals surface area contributed by atoms with Crippen LogP contribution in [0.5, 0.6) is 11.5 Å².